The van der Waals surface area contributed by atoms with Gasteiger partial charge in [0.15, 0.2) is 0 Å². The van der Waals surface area contributed by atoms with E-state index < -0.39 is 0 Å². The maximum absolute atomic E-state index is 12.0. The molecule has 18 heavy (non-hydrogen) atoms. The molecule has 2 heterocycles. The fraction of sp³-hybridized carbons (Fsp3) is 0.692. The Bertz CT molecular complexity index is 488. The third-order valence-electron chi connectivity index (χ3n) is 3.96. The Kier molecular flexibility index (Phi) is 3.70. The molecule has 1 unspecified atom stereocenters. The standard InChI is InChI=1S/C13H17IN2O2/c14-10-11(8-3-1-2-4-8)15-12(16-13(10)17)9-5-6-18-7-9/h8-9H,1-7H2,(H,15,16,17). The summed E-state index contributed by atoms with van der Waals surface area (Å²) in [4.78, 5) is 19.7. The first-order chi connectivity index (χ1) is 8.75. The fourth-order valence-corrected chi connectivity index (χ4v) is 3.60. The molecule has 0 aromatic carbocycles. The zero-order valence-corrected chi connectivity index (χ0v) is 12.4. The minimum atomic E-state index is 0.0226. The van der Waals surface area contributed by atoms with Gasteiger partial charge in [-0.25, -0.2) is 4.98 Å². The number of ether oxygens (including phenoxy) is 1. The number of H-pyrrole nitrogens is 1. The van der Waals surface area contributed by atoms with E-state index in [0.717, 1.165) is 28.1 Å². The number of rotatable bonds is 2. The molecule has 0 spiro atoms. The van der Waals surface area contributed by atoms with E-state index in [1.54, 1.807) is 0 Å². The van der Waals surface area contributed by atoms with E-state index in [9.17, 15) is 4.79 Å². The second-order valence-corrected chi connectivity index (χ2v) is 6.27. The number of halogens is 1. The van der Waals surface area contributed by atoms with Crippen molar-refractivity contribution in [3.8, 4) is 0 Å². The Morgan fingerprint density at radius 1 is 1.22 bits per heavy atom. The van der Waals surface area contributed by atoms with Crippen molar-refractivity contribution < 1.29 is 4.74 Å². The van der Waals surface area contributed by atoms with Crippen LogP contribution in [0.15, 0.2) is 4.79 Å². The molecule has 1 aliphatic carbocycles. The fourth-order valence-electron chi connectivity index (χ4n) is 2.91. The summed E-state index contributed by atoms with van der Waals surface area (Å²) < 4.78 is 6.16. The van der Waals surface area contributed by atoms with Gasteiger partial charge in [-0.2, -0.15) is 0 Å². The first-order valence-electron chi connectivity index (χ1n) is 6.63. The number of nitrogens with one attached hydrogen (secondary N) is 1. The quantitative estimate of drug-likeness (QED) is 0.825. The van der Waals surface area contributed by atoms with Crippen molar-refractivity contribution in [2.24, 2.45) is 0 Å². The molecule has 4 nitrogen and oxygen atoms in total. The first-order valence-corrected chi connectivity index (χ1v) is 7.71. The topological polar surface area (TPSA) is 55.0 Å². The predicted molar refractivity (Wildman–Crippen MR) is 77.0 cm³/mol. The van der Waals surface area contributed by atoms with Crippen molar-refractivity contribution >= 4 is 22.6 Å². The molecule has 1 aliphatic heterocycles. The van der Waals surface area contributed by atoms with Crippen LogP contribution >= 0.6 is 22.6 Å². The molecular formula is C13H17IN2O2. The summed E-state index contributed by atoms with van der Waals surface area (Å²) in [6.45, 7) is 1.47. The normalized spacial score (nSPS) is 24.8. The lowest BCUT2D eigenvalue weighted by molar-refractivity contribution is 0.193. The van der Waals surface area contributed by atoms with Crippen molar-refractivity contribution in [3.05, 3.63) is 25.4 Å². The molecule has 1 saturated carbocycles. The van der Waals surface area contributed by atoms with Crippen LogP contribution in [0.5, 0.6) is 0 Å². The molecule has 1 aromatic heterocycles. The predicted octanol–water partition coefficient (Wildman–Crippen LogP) is 2.54. The van der Waals surface area contributed by atoms with Gasteiger partial charge in [-0.1, -0.05) is 12.8 Å². The highest BCUT2D eigenvalue weighted by Crippen LogP contribution is 2.35. The zero-order valence-electron chi connectivity index (χ0n) is 10.2. The highest BCUT2D eigenvalue weighted by molar-refractivity contribution is 14.1. The molecule has 1 N–H and O–H groups in total. The largest absolute Gasteiger partial charge is 0.381 e. The highest BCUT2D eigenvalue weighted by atomic mass is 127. The first kappa shape index (κ1) is 12.6. The number of aromatic nitrogens is 2. The van der Waals surface area contributed by atoms with Gasteiger partial charge in [-0.15, -0.1) is 0 Å². The van der Waals surface area contributed by atoms with Crippen LogP contribution in [0.2, 0.25) is 0 Å². The van der Waals surface area contributed by atoms with Gasteiger partial charge in [0.25, 0.3) is 5.56 Å². The molecule has 2 aliphatic rings. The Morgan fingerprint density at radius 2 is 2.00 bits per heavy atom. The van der Waals surface area contributed by atoms with Crippen molar-refractivity contribution in [2.75, 3.05) is 13.2 Å². The van der Waals surface area contributed by atoms with Crippen LogP contribution in [0.3, 0.4) is 0 Å². The minimum Gasteiger partial charge on any atom is -0.381 e. The van der Waals surface area contributed by atoms with Crippen molar-refractivity contribution in [3.63, 3.8) is 0 Å². The van der Waals surface area contributed by atoms with E-state index in [2.05, 4.69) is 27.6 Å². The Balaban J connectivity index is 1.98. The SMILES string of the molecule is O=c1[nH]c(C2CCOC2)nc(C2CCCC2)c1I. The van der Waals surface area contributed by atoms with Crippen LogP contribution in [0.1, 0.15) is 55.5 Å². The van der Waals surface area contributed by atoms with Gasteiger partial charge in [-0.3, -0.25) is 4.79 Å². The molecule has 0 amide bonds. The molecule has 0 bridgehead atoms. The lowest BCUT2D eigenvalue weighted by Gasteiger charge is -2.14. The molecule has 98 valence electrons. The summed E-state index contributed by atoms with van der Waals surface area (Å²) in [5, 5.41) is 0. The molecule has 0 radical (unpaired) electrons. The number of aromatic amines is 1. The Labute approximate surface area is 120 Å². The number of hydrogen-bond acceptors (Lipinski definition) is 3. The summed E-state index contributed by atoms with van der Waals surface area (Å²) in [7, 11) is 0. The van der Waals surface area contributed by atoms with Gasteiger partial charge in [-0.05, 0) is 41.9 Å². The summed E-state index contributed by atoms with van der Waals surface area (Å²) in [5.41, 5.74) is 1.05. The Morgan fingerprint density at radius 3 is 2.67 bits per heavy atom. The summed E-state index contributed by atoms with van der Waals surface area (Å²) >= 11 is 2.14. The molecule has 1 atom stereocenters. The van der Waals surface area contributed by atoms with Crippen LogP contribution in [-0.2, 0) is 4.74 Å². The van der Waals surface area contributed by atoms with Crippen LogP contribution in [0.4, 0.5) is 0 Å². The monoisotopic (exact) mass is 360 g/mol. The zero-order chi connectivity index (χ0) is 12.5. The summed E-state index contributed by atoms with van der Waals surface area (Å²) in [6, 6.07) is 0. The third kappa shape index (κ3) is 2.34. The average Bonchev–Trinajstić information content (AvgIpc) is 3.03. The minimum absolute atomic E-state index is 0.0226. The maximum atomic E-state index is 12.0. The van der Waals surface area contributed by atoms with Crippen molar-refractivity contribution in [1.82, 2.24) is 9.97 Å². The Hall–Kier alpha value is -0.430. The molecule has 3 rings (SSSR count). The lowest BCUT2D eigenvalue weighted by Crippen LogP contribution is -2.21. The second-order valence-electron chi connectivity index (χ2n) is 5.19. The smallest absolute Gasteiger partial charge is 0.264 e. The second kappa shape index (κ2) is 5.28. The van der Waals surface area contributed by atoms with Crippen LogP contribution in [-0.4, -0.2) is 23.2 Å². The average molecular weight is 360 g/mol. The van der Waals surface area contributed by atoms with Crippen molar-refractivity contribution in [1.29, 1.82) is 0 Å². The van der Waals surface area contributed by atoms with Gasteiger partial charge >= 0.3 is 0 Å². The van der Waals surface area contributed by atoms with Gasteiger partial charge < -0.3 is 9.72 Å². The highest BCUT2D eigenvalue weighted by Gasteiger charge is 2.26. The van der Waals surface area contributed by atoms with Gasteiger partial charge in [0.05, 0.1) is 15.9 Å². The van der Waals surface area contributed by atoms with E-state index in [-0.39, 0.29) is 11.5 Å². The van der Waals surface area contributed by atoms with Gasteiger partial charge in [0.2, 0.25) is 0 Å². The molecule has 1 aromatic rings. The number of hydrogen-bond donors (Lipinski definition) is 1. The molecule has 1 saturated heterocycles. The molecular weight excluding hydrogens is 343 g/mol. The van der Waals surface area contributed by atoms with Crippen molar-refractivity contribution in [2.45, 2.75) is 43.9 Å². The third-order valence-corrected chi connectivity index (χ3v) is 5.01. The van der Waals surface area contributed by atoms with Crippen LogP contribution in [0, 0.1) is 3.57 Å². The molecule has 2 fully saturated rings. The number of nitrogens with zero attached hydrogens (tertiary/aromatic N) is 1. The molecule has 5 heteroatoms. The lowest BCUT2D eigenvalue weighted by atomic mass is 10.0. The van der Waals surface area contributed by atoms with E-state index in [1.807, 2.05) is 0 Å². The van der Waals surface area contributed by atoms with E-state index >= 15 is 0 Å². The van der Waals surface area contributed by atoms with Gasteiger partial charge in [0, 0.05) is 18.4 Å². The van der Waals surface area contributed by atoms with E-state index in [0.29, 0.717) is 12.5 Å². The van der Waals surface area contributed by atoms with E-state index in [4.69, 9.17) is 9.72 Å². The van der Waals surface area contributed by atoms with Gasteiger partial charge in [0.1, 0.15) is 5.82 Å². The summed E-state index contributed by atoms with van der Waals surface area (Å²) in [5.74, 6) is 1.59. The van der Waals surface area contributed by atoms with Crippen LogP contribution < -0.4 is 5.56 Å². The van der Waals surface area contributed by atoms with Crippen LogP contribution in [0.25, 0.3) is 0 Å². The van der Waals surface area contributed by atoms with E-state index in [1.165, 1.54) is 25.7 Å². The maximum Gasteiger partial charge on any atom is 0.264 e. The summed E-state index contributed by atoms with van der Waals surface area (Å²) in [6.07, 6.45) is 5.84.